The van der Waals surface area contributed by atoms with Crippen LogP contribution in [0.4, 0.5) is 5.69 Å². The number of nitrogens with one attached hydrogen (secondary N) is 1. The highest BCUT2D eigenvalue weighted by Crippen LogP contribution is 2.22. The standard InChI is InChI=1S/C15H18N2O3S/c1-11-7-8-15(13(16)9-11)21(19,20)17-14(10-18)12-5-3-2-4-6-12/h2-9,14,17-18H,10,16H2,1H3. The second-order valence-corrected chi connectivity index (χ2v) is 6.49. The third kappa shape index (κ3) is 3.60. The van der Waals surface area contributed by atoms with Gasteiger partial charge in [0.1, 0.15) is 4.90 Å². The molecule has 6 heteroatoms. The van der Waals surface area contributed by atoms with Gasteiger partial charge in [-0.3, -0.25) is 0 Å². The van der Waals surface area contributed by atoms with E-state index in [0.29, 0.717) is 5.56 Å². The Labute approximate surface area is 124 Å². The lowest BCUT2D eigenvalue weighted by Crippen LogP contribution is -2.31. The number of benzene rings is 2. The Morgan fingerprint density at radius 2 is 1.86 bits per heavy atom. The Bertz CT molecular complexity index is 715. The van der Waals surface area contributed by atoms with Gasteiger partial charge in [-0.05, 0) is 30.2 Å². The lowest BCUT2D eigenvalue weighted by Gasteiger charge is -2.17. The van der Waals surface area contributed by atoms with Crippen molar-refractivity contribution in [3.8, 4) is 0 Å². The number of aliphatic hydroxyl groups excluding tert-OH is 1. The van der Waals surface area contributed by atoms with E-state index in [1.54, 1.807) is 36.4 Å². The van der Waals surface area contributed by atoms with Gasteiger partial charge in [0.05, 0.1) is 18.3 Å². The molecule has 21 heavy (non-hydrogen) atoms. The minimum atomic E-state index is -3.80. The van der Waals surface area contributed by atoms with Crippen molar-refractivity contribution in [2.45, 2.75) is 17.9 Å². The summed E-state index contributed by atoms with van der Waals surface area (Å²) in [5.74, 6) is 0. The average Bonchev–Trinajstić information content (AvgIpc) is 2.45. The number of hydrogen-bond acceptors (Lipinski definition) is 4. The van der Waals surface area contributed by atoms with Crippen LogP contribution < -0.4 is 10.5 Å². The molecule has 2 aromatic carbocycles. The Balaban J connectivity index is 2.32. The predicted octanol–water partition coefficient (Wildman–Crippen LogP) is 1.59. The van der Waals surface area contributed by atoms with E-state index < -0.39 is 16.1 Å². The van der Waals surface area contributed by atoms with Gasteiger partial charge in [-0.15, -0.1) is 0 Å². The minimum Gasteiger partial charge on any atom is -0.398 e. The maximum Gasteiger partial charge on any atom is 0.243 e. The molecule has 0 aliphatic carbocycles. The van der Waals surface area contributed by atoms with E-state index in [4.69, 9.17) is 5.73 Å². The van der Waals surface area contributed by atoms with Gasteiger partial charge in [0.15, 0.2) is 0 Å². The maximum atomic E-state index is 12.4. The zero-order chi connectivity index (χ0) is 15.5. The van der Waals surface area contributed by atoms with Crippen LogP contribution in [-0.2, 0) is 10.0 Å². The molecule has 1 unspecified atom stereocenters. The SMILES string of the molecule is Cc1ccc(S(=O)(=O)NC(CO)c2ccccc2)c(N)c1. The molecule has 2 rings (SSSR count). The van der Waals surface area contributed by atoms with Gasteiger partial charge in [-0.1, -0.05) is 36.4 Å². The van der Waals surface area contributed by atoms with Crippen molar-refractivity contribution >= 4 is 15.7 Å². The third-order valence-electron chi connectivity index (χ3n) is 3.14. The minimum absolute atomic E-state index is 0.0162. The summed E-state index contributed by atoms with van der Waals surface area (Å²) in [6.45, 7) is 1.50. The second kappa shape index (κ2) is 6.26. The maximum absolute atomic E-state index is 12.4. The third-order valence-corrected chi connectivity index (χ3v) is 4.68. The van der Waals surface area contributed by atoms with E-state index in [9.17, 15) is 13.5 Å². The first-order valence-corrected chi connectivity index (χ1v) is 7.96. The second-order valence-electron chi connectivity index (χ2n) is 4.81. The normalized spacial score (nSPS) is 13.0. The molecule has 2 aromatic rings. The summed E-state index contributed by atoms with van der Waals surface area (Å²) < 4.78 is 27.3. The quantitative estimate of drug-likeness (QED) is 0.731. The first-order valence-electron chi connectivity index (χ1n) is 6.48. The van der Waals surface area contributed by atoms with Crippen LogP contribution in [0.25, 0.3) is 0 Å². The first-order chi connectivity index (χ1) is 9.94. The zero-order valence-corrected chi connectivity index (χ0v) is 12.5. The van der Waals surface area contributed by atoms with Gasteiger partial charge in [-0.2, -0.15) is 0 Å². The lowest BCUT2D eigenvalue weighted by molar-refractivity contribution is 0.259. The molecule has 0 aromatic heterocycles. The summed E-state index contributed by atoms with van der Waals surface area (Å²) in [5.41, 5.74) is 7.54. The Morgan fingerprint density at radius 3 is 2.43 bits per heavy atom. The molecule has 0 saturated heterocycles. The Kier molecular flexibility index (Phi) is 4.62. The lowest BCUT2D eigenvalue weighted by atomic mass is 10.1. The van der Waals surface area contributed by atoms with Gasteiger partial charge in [-0.25, -0.2) is 13.1 Å². The molecule has 0 saturated carbocycles. The van der Waals surface area contributed by atoms with E-state index in [2.05, 4.69) is 4.72 Å². The van der Waals surface area contributed by atoms with Gasteiger partial charge < -0.3 is 10.8 Å². The van der Waals surface area contributed by atoms with E-state index in [1.165, 1.54) is 6.07 Å². The molecule has 5 nitrogen and oxygen atoms in total. The number of nitrogens with two attached hydrogens (primary N) is 1. The van der Waals surface area contributed by atoms with Crippen molar-refractivity contribution in [2.75, 3.05) is 12.3 Å². The number of rotatable bonds is 5. The topological polar surface area (TPSA) is 92.4 Å². The van der Waals surface area contributed by atoms with Gasteiger partial charge in [0.25, 0.3) is 0 Å². The van der Waals surface area contributed by atoms with Gasteiger partial charge in [0.2, 0.25) is 10.0 Å². The summed E-state index contributed by atoms with van der Waals surface area (Å²) in [7, 11) is -3.80. The molecule has 1 atom stereocenters. The molecule has 112 valence electrons. The van der Waals surface area contributed by atoms with Crippen molar-refractivity contribution < 1.29 is 13.5 Å². The van der Waals surface area contributed by atoms with Crippen molar-refractivity contribution in [2.24, 2.45) is 0 Å². The van der Waals surface area contributed by atoms with E-state index in [-0.39, 0.29) is 17.2 Å². The predicted molar refractivity (Wildman–Crippen MR) is 82.2 cm³/mol. The molecule has 4 N–H and O–H groups in total. The van der Waals surface area contributed by atoms with Crippen molar-refractivity contribution in [3.63, 3.8) is 0 Å². The summed E-state index contributed by atoms with van der Waals surface area (Å²) >= 11 is 0. The van der Waals surface area contributed by atoms with E-state index >= 15 is 0 Å². The van der Waals surface area contributed by atoms with Crippen LogP contribution in [0.1, 0.15) is 17.2 Å². The molecule has 0 bridgehead atoms. The molecule has 0 spiro atoms. The van der Waals surface area contributed by atoms with Gasteiger partial charge in [0, 0.05) is 0 Å². The average molecular weight is 306 g/mol. The largest absolute Gasteiger partial charge is 0.398 e. The highest BCUT2D eigenvalue weighted by molar-refractivity contribution is 7.89. The highest BCUT2D eigenvalue weighted by Gasteiger charge is 2.22. The monoisotopic (exact) mass is 306 g/mol. The van der Waals surface area contributed by atoms with Gasteiger partial charge >= 0.3 is 0 Å². The molecule has 0 amide bonds. The van der Waals surface area contributed by atoms with Crippen molar-refractivity contribution in [3.05, 3.63) is 59.7 Å². The Hall–Kier alpha value is -1.89. The summed E-state index contributed by atoms with van der Waals surface area (Å²) in [5, 5.41) is 9.44. The number of hydrogen-bond donors (Lipinski definition) is 3. The van der Waals surface area contributed by atoms with Crippen molar-refractivity contribution in [1.29, 1.82) is 0 Å². The summed E-state index contributed by atoms with van der Waals surface area (Å²) in [4.78, 5) is 0.0162. The number of sulfonamides is 1. The van der Waals surface area contributed by atoms with Crippen LogP contribution in [0.5, 0.6) is 0 Å². The molecule has 0 radical (unpaired) electrons. The van der Waals surface area contributed by atoms with Crippen LogP contribution in [0.2, 0.25) is 0 Å². The van der Waals surface area contributed by atoms with E-state index in [0.717, 1.165) is 5.56 Å². The number of aliphatic hydroxyl groups is 1. The van der Waals surface area contributed by atoms with Crippen LogP contribution in [-0.4, -0.2) is 20.1 Å². The van der Waals surface area contributed by atoms with E-state index in [1.807, 2.05) is 13.0 Å². The van der Waals surface area contributed by atoms with Crippen LogP contribution in [0, 0.1) is 6.92 Å². The summed E-state index contributed by atoms with van der Waals surface area (Å²) in [6, 6.07) is 12.9. The zero-order valence-electron chi connectivity index (χ0n) is 11.7. The number of nitrogen functional groups attached to an aromatic ring is 1. The molecular formula is C15H18N2O3S. The number of anilines is 1. The highest BCUT2D eigenvalue weighted by atomic mass is 32.2. The molecule has 0 fully saturated rings. The van der Waals surface area contributed by atoms with Crippen LogP contribution in [0.3, 0.4) is 0 Å². The fraction of sp³-hybridized carbons (Fsp3) is 0.200. The Morgan fingerprint density at radius 1 is 1.19 bits per heavy atom. The first kappa shape index (κ1) is 15.5. The van der Waals surface area contributed by atoms with Crippen LogP contribution >= 0.6 is 0 Å². The smallest absolute Gasteiger partial charge is 0.243 e. The fourth-order valence-corrected chi connectivity index (χ4v) is 3.39. The number of aryl methyl sites for hydroxylation is 1. The van der Waals surface area contributed by atoms with Crippen molar-refractivity contribution in [1.82, 2.24) is 4.72 Å². The molecule has 0 aliphatic heterocycles. The molecule has 0 aliphatic rings. The van der Waals surface area contributed by atoms with Crippen LogP contribution in [0.15, 0.2) is 53.4 Å². The fourth-order valence-electron chi connectivity index (χ4n) is 2.06. The molecular weight excluding hydrogens is 288 g/mol. The summed E-state index contributed by atoms with van der Waals surface area (Å²) in [6.07, 6.45) is 0. The molecule has 0 heterocycles.